The van der Waals surface area contributed by atoms with Gasteiger partial charge in [-0.05, 0) is 32.6 Å². The van der Waals surface area contributed by atoms with Gasteiger partial charge in [0.1, 0.15) is 0 Å². The molecule has 30 heavy (non-hydrogen) atoms. The second-order valence-electron chi connectivity index (χ2n) is 7.89. The van der Waals surface area contributed by atoms with E-state index in [4.69, 9.17) is 4.74 Å². The van der Waals surface area contributed by atoms with Gasteiger partial charge in [-0.15, -0.1) is 5.10 Å². The number of anilines is 1. The fourth-order valence-corrected chi connectivity index (χ4v) is 4.96. The summed E-state index contributed by atoms with van der Waals surface area (Å²) in [4.78, 5) is 10.1. The molecular formula is C18H26FN7O3S. The molecule has 2 aromatic heterocycles. The first-order valence-corrected chi connectivity index (χ1v) is 11.9. The summed E-state index contributed by atoms with van der Waals surface area (Å²) in [5, 5.41) is 8.39. The predicted octanol–water partition coefficient (Wildman–Crippen LogP) is 0.606. The molecule has 12 heteroatoms. The Morgan fingerprint density at radius 3 is 2.60 bits per heavy atom. The third-order valence-corrected chi connectivity index (χ3v) is 6.39. The van der Waals surface area contributed by atoms with Crippen LogP contribution in [0.4, 0.5) is 10.3 Å². The Morgan fingerprint density at radius 2 is 1.93 bits per heavy atom. The van der Waals surface area contributed by atoms with E-state index in [2.05, 4.69) is 25.0 Å². The number of ether oxygens (including phenoxy) is 1. The zero-order chi connectivity index (χ0) is 21.3. The van der Waals surface area contributed by atoms with E-state index in [9.17, 15) is 12.8 Å². The Balaban J connectivity index is 1.38. The molecule has 0 bridgehead atoms. The van der Waals surface area contributed by atoms with Gasteiger partial charge in [0.15, 0.2) is 5.82 Å². The van der Waals surface area contributed by atoms with E-state index >= 15 is 0 Å². The van der Waals surface area contributed by atoms with Crippen molar-refractivity contribution >= 4 is 16.0 Å². The summed E-state index contributed by atoms with van der Waals surface area (Å²) in [6, 6.07) is -0.538. The molecule has 0 aliphatic carbocycles. The Kier molecular flexibility index (Phi) is 5.98. The van der Waals surface area contributed by atoms with Gasteiger partial charge in [0.2, 0.25) is 16.0 Å². The summed E-state index contributed by atoms with van der Waals surface area (Å²) >= 11 is 0. The van der Waals surface area contributed by atoms with Gasteiger partial charge in [0, 0.05) is 19.1 Å². The van der Waals surface area contributed by atoms with Gasteiger partial charge in [-0.25, -0.2) is 32.2 Å². The second kappa shape index (κ2) is 8.52. The van der Waals surface area contributed by atoms with Crippen LogP contribution in [0.15, 0.2) is 12.4 Å². The van der Waals surface area contributed by atoms with E-state index in [0.717, 1.165) is 30.7 Å². The number of nitrogens with zero attached hydrogens (tertiary/aromatic N) is 6. The largest absolute Gasteiger partial charge is 0.376 e. The first-order valence-electron chi connectivity index (χ1n) is 10.0. The highest BCUT2D eigenvalue weighted by Gasteiger charge is 2.34. The molecule has 1 fully saturated rings. The molecule has 0 spiro atoms. The van der Waals surface area contributed by atoms with E-state index in [1.807, 2.05) is 16.5 Å². The van der Waals surface area contributed by atoms with Crippen LogP contribution in [0, 0.1) is 12.7 Å². The van der Waals surface area contributed by atoms with Crippen LogP contribution in [0.2, 0.25) is 0 Å². The van der Waals surface area contributed by atoms with E-state index in [1.54, 1.807) is 0 Å². The SMILES string of the molecule is Cc1nnn2c1CC[C@H](NS(C)(=O)=O)[C@@H]2COC1CCN(c2ncc(F)cn2)CC1. The molecule has 0 saturated carbocycles. The van der Waals surface area contributed by atoms with Crippen molar-refractivity contribution in [1.29, 1.82) is 0 Å². The summed E-state index contributed by atoms with van der Waals surface area (Å²) in [7, 11) is -3.35. The van der Waals surface area contributed by atoms with E-state index in [0.29, 0.717) is 32.1 Å². The Morgan fingerprint density at radius 1 is 1.23 bits per heavy atom. The number of piperidine rings is 1. The van der Waals surface area contributed by atoms with Crippen LogP contribution in [0.1, 0.15) is 36.7 Å². The predicted molar refractivity (Wildman–Crippen MR) is 107 cm³/mol. The van der Waals surface area contributed by atoms with Crippen molar-refractivity contribution in [3.63, 3.8) is 0 Å². The van der Waals surface area contributed by atoms with E-state index < -0.39 is 15.8 Å². The summed E-state index contributed by atoms with van der Waals surface area (Å²) in [6.07, 6.45) is 6.49. The number of aryl methyl sites for hydroxylation is 1. The summed E-state index contributed by atoms with van der Waals surface area (Å²) in [5.74, 6) is 0.0618. The third kappa shape index (κ3) is 4.76. The van der Waals surface area contributed by atoms with Gasteiger partial charge in [-0.1, -0.05) is 5.21 Å². The van der Waals surface area contributed by atoms with Crippen molar-refractivity contribution < 1.29 is 17.5 Å². The molecule has 2 aromatic rings. The minimum Gasteiger partial charge on any atom is -0.376 e. The highest BCUT2D eigenvalue weighted by atomic mass is 32.2. The quantitative estimate of drug-likeness (QED) is 0.696. The van der Waals surface area contributed by atoms with Crippen molar-refractivity contribution in [3.8, 4) is 0 Å². The molecule has 2 atom stereocenters. The number of aromatic nitrogens is 5. The van der Waals surface area contributed by atoms with Crippen molar-refractivity contribution in [1.82, 2.24) is 29.7 Å². The third-order valence-electron chi connectivity index (χ3n) is 5.66. The van der Waals surface area contributed by atoms with Crippen LogP contribution in [-0.4, -0.2) is 71.5 Å². The average molecular weight is 440 g/mol. The number of halogens is 1. The maximum Gasteiger partial charge on any atom is 0.225 e. The van der Waals surface area contributed by atoms with Gasteiger partial charge in [0.25, 0.3) is 0 Å². The molecule has 164 valence electrons. The van der Waals surface area contributed by atoms with Crippen molar-refractivity contribution in [2.24, 2.45) is 0 Å². The Hall–Kier alpha value is -2.18. The molecular weight excluding hydrogens is 413 g/mol. The fraction of sp³-hybridized carbons (Fsp3) is 0.667. The summed E-state index contributed by atoms with van der Waals surface area (Å²) in [6.45, 7) is 3.67. The van der Waals surface area contributed by atoms with Gasteiger partial charge in [-0.3, -0.25) is 0 Å². The molecule has 4 heterocycles. The maximum absolute atomic E-state index is 13.0. The maximum atomic E-state index is 13.0. The molecule has 0 radical (unpaired) electrons. The van der Waals surface area contributed by atoms with Crippen molar-refractivity contribution in [2.45, 2.75) is 50.8 Å². The smallest absolute Gasteiger partial charge is 0.225 e. The van der Waals surface area contributed by atoms with Gasteiger partial charge in [-0.2, -0.15) is 0 Å². The second-order valence-corrected chi connectivity index (χ2v) is 9.67. The Labute approximate surface area is 174 Å². The zero-order valence-corrected chi connectivity index (χ0v) is 17.8. The van der Waals surface area contributed by atoms with Gasteiger partial charge in [0.05, 0.1) is 48.8 Å². The standard InChI is InChI=1S/C18H26FN7O3S/c1-12-16-4-3-15(23-30(2,27)28)17(26(16)24-22-12)11-29-14-5-7-25(8-6-14)18-20-9-13(19)10-21-18/h9-10,14-15,17,23H,3-8,11H2,1-2H3/t15-,17-/m0/s1. The molecule has 0 amide bonds. The van der Waals surface area contributed by atoms with Crippen molar-refractivity contribution in [3.05, 3.63) is 29.6 Å². The molecule has 1 N–H and O–H groups in total. The number of hydrogen-bond donors (Lipinski definition) is 1. The lowest BCUT2D eigenvalue weighted by Crippen LogP contribution is -2.47. The fourth-order valence-electron chi connectivity index (χ4n) is 4.13. The van der Waals surface area contributed by atoms with Crippen molar-refractivity contribution in [2.75, 3.05) is 30.9 Å². The lowest BCUT2D eigenvalue weighted by molar-refractivity contribution is 0.00569. The lowest BCUT2D eigenvalue weighted by Gasteiger charge is -2.35. The number of nitrogens with one attached hydrogen (secondary N) is 1. The first-order chi connectivity index (χ1) is 14.3. The molecule has 1 saturated heterocycles. The zero-order valence-electron chi connectivity index (χ0n) is 17.0. The minimum atomic E-state index is -3.35. The molecule has 2 aliphatic heterocycles. The highest BCUT2D eigenvalue weighted by molar-refractivity contribution is 7.88. The van der Waals surface area contributed by atoms with Gasteiger partial charge >= 0.3 is 0 Å². The molecule has 0 aromatic carbocycles. The monoisotopic (exact) mass is 439 g/mol. The van der Waals surface area contributed by atoms with Crippen LogP contribution >= 0.6 is 0 Å². The Bertz CT molecular complexity index is 974. The average Bonchev–Trinajstić information content (AvgIpc) is 3.08. The van der Waals surface area contributed by atoms with Crippen LogP contribution in [0.3, 0.4) is 0 Å². The van der Waals surface area contributed by atoms with Crippen LogP contribution < -0.4 is 9.62 Å². The molecule has 10 nitrogen and oxygen atoms in total. The highest BCUT2D eigenvalue weighted by Crippen LogP contribution is 2.28. The van der Waals surface area contributed by atoms with Crippen LogP contribution in [0.5, 0.6) is 0 Å². The van der Waals surface area contributed by atoms with E-state index in [-0.39, 0.29) is 18.2 Å². The first kappa shape index (κ1) is 21.1. The number of hydrogen-bond acceptors (Lipinski definition) is 8. The summed E-state index contributed by atoms with van der Waals surface area (Å²) in [5.41, 5.74) is 1.89. The van der Waals surface area contributed by atoms with Crippen LogP contribution in [-0.2, 0) is 21.2 Å². The number of sulfonamides is 1. The summed E-state index contributed by atoms with van der Waals surface area (Å²) < 4.78 is 47.4. The molecule has 0 unspecified atom stereocenters. The normalized spacial score (nSPS) is 22.8. The number of fused-ring (bicyclic) bond motifs is 1. The lowest BCUT2D eigenvalue weighted by atomic mass is 9.97. The van der Waals surface area contributed by atoms with Gasteiger partial charge < -0.3 is 9.64 Å². The van der Waals surface area contributed by atoms with Crippen LogP contribution in [0.25, 0.3) is 0 Å². The molecule has 4 rings (SSSR count). The minimum absolute atomic E-state index is 0.0376. The van der Waals surface area contributed by atoms with E-state index in [1.165, 1.54) is 18.6 Å². The topological polar surface area (TPSA) is 115 Å². The molecule has 2 aliphatic rings. The number of rotatable bonds is 6.